The Hall–Kier alpha value is -1.10. The van der Waals surface area contributed by atoms with Gasteiger partial charge in [-0.2, -0.15) is 4.98 Å². The largest absolute Gasteiger partial charge is 0.492 e. The van der Waals surface area contributed by atoms with Gasteiger partial charge in [0.2, 0.25) is 5.88 Å². The zero-order valence-electron chi connectivity index (χ0n) is 4.37. The summed E-state index contributed by atoms with van der Waals surface area (Å²) in [5.41, 5.74) is 5.14. The lowest BCUT2D eigenvalue weighted by Gasteiger charge is -1.76. The number of hydrogen-bond donors (Lipinski definition) is 2. The van der Waals surface area contributed by atoms with Crippen molar-refractivity contribution in [2.24, 2.45) is 0 Å². The number of rotatable bonds is 1. The quantitative estimate of drug-likeness (QED) is 0.553. The van der Waals surface area contributed by atoms with E-state index in [9.17, 15) is 4.79 Å². The average Bonchev–Trinajstić information content (AvgIpc) is 2.10. The second-order valence-electron chi connectivity index (χ2n) is 1.36. The van der Waals surface area contributed by atoms with Crippen LogP contribution in [0.4, 0.5) is 5.13 Å². The van der Waals surface area contributed by atoms with E-state index in [1.165, 1.54) is 0 Å². The maximum absolute atomic E-state index is 10.00. The second-order valence-corrected chi connectivity index (χ2v) is 2.42. The molecule has 9 heavy (non-hydrogen) atoms. The highest BCUT2D eigenvalue weighted by Gasteiger charge is 2.04. The Morgan fingerprint density at radius 1 is 1.78 bits per heavy atom. The summed E-state index contributed by atoms with van der Waals surface area (Å²) in [4.78, 5) is 13.6. The Kier molecular flexibility index (Phi) is 1.35. The number of aldehydes is 1. The van der Waals surface area contributed by atoms with Crippen molar-refractivity contribution < 1.29 is 9.90 Å². The van der Waals surface area contributed by atoms with Crippen LogP contribution in [0.3, 0.4) is 0 Å². The van der Waals surface area contributed by atoms with Gasteiger partial charge in [0.1, 0.15) is 4.88 Å². The molecule has 0 aliphatic carbocycles. The Labute approximate surface area is 55.0 Å². The molecule has 0 atom stereocenters. The van der Waals surface area contributed by atoms with E-state index in [1.54, 1.807) is 0 Å². The van der Waals surface area contributed by atoms with E-state index < -0.39 is 0 Å². The first-order valence-electron chi connectivity index (χ1n) is 2.14. The molecule has 1 aromatic heterocycles. The van der Waals surface area contributed by atoms with Gasteiger partial charge in [0, 0.05) is 0 Å². The fourth-order valence-corrected chi connectivity index (χ4v) is 0.960. The number of carbonyl (C=O) groups excluding carboxylic acids is 1. The summed E-state index contributed by atoms with van der Waals surface area (Å²) in [7, 11) is 0. The van der Waals surface area contributed by atoms with Crippen LogP contribution in [0.15, 0.2) is 0 Å². The standard InChI is InChI=1S/C4H4N2O2S/c5-4-6-3(8)2(1-7)9-4/h1,8H,(H2,5,6). The van der Waals surface area contributed by atoms with Crippen LogP contribution in [0.2, 0.25) is 0 Å². The summed E-state index contributed by atoms with van der Waals surface area (Å²) >= 11 is 0.963. The third-order valence-corrected chi connectivity index (χ3v) is 1.56. The van der Waals surface area contributed by atoms with Crippen LogP contribution in [-0.4, -0.2) is 16.4 Å². The van der Waals surface area contributed by atoms with Crippen LogP contribution in [0, 0.1) is 0 Å². The van der Waals surface area contributed by atoms with Crippen molar-refractivity contribution in [3.05, 3.63) is 4.88 Å². The van der Waals surface area contributed by atoms with Crippen molar-refractivity contribution >= 4 is 22.8 Å². The molecule has 0 aliphatic heterocycles. The summed E-state index contributed by atoms with van der Waals surface area (Å²) < 4.78 is 0. The normalized spacial score (nSPS) is 9.33. The minimum Gasteiger partial charge on any atom is -0.492 e. The van der Waals surface area contributed by atoms with Crippen LogP contribution >= 0.6 is 11.3 Å². The van der Waals surface area contributed by atoms with Crippen molar-refractivity contribution in [3.63, 3.8) is 0 Å². The van der Waals surface area contributed by atoms with Crippen molar-refractivity contribution in [3.8, 4) is 5.88 Å². The highest BCUT2D eigenvalue weighted by molar-refractivity contribution is 7.17. The maximum Gasteiger partial charge on any atom is 0.234 e. The van der Waals surface area contributed by atoms with Gasteiger partial charge in [-0.3, -0.25) is 4.79 Å². The van der Waals surface area contributed by atoms with Gasteiger partial charge in [-0.25, -0.2) is 0 Å². The van der Waals surface area contributed by atoms with Gasteiger partial charge in [0.25, 0.3) is 0 Å². The Morgan fingerprint density at radius 3 is 2.67 bits per heavy atom. The molecule has 0 amide bonds. The molecular formula is C4H4N2O2S. The van der Waals surface area contributed by atoms with Crippen molar-refractivity contribution in [2.45, 2.75) is 0 Å². The number of anilines is 1. The highest BCUT2D eigenvalue weighted by Crippen LogP contribution is 2.22. The molecule has 0 unspecified atom stereocenters. The molecule has 0 saturated carbocycles. The van der Waals surface area contributed by atoms with E-state index in [-0.39, 0.29) is 15.9 Å². The van der Waals surface area contributed by atoms with Crippen molar-refractivity contribution in [1.82, 2.24) is 4.98 Å². The predicted molar refractivity (Wildman–Crippen MR) is 33.6 cm³/mol. The molecule has 0 saturated heterocycles. The second kappa shape index (κ2) is 2.02. The van der Waals surface area contributed by atoms with Crippen LogP contribution in [-0.2, 0) is 0 Å². The van der Waals surface area contributed by atoms with E-state index in [4.69, 9.17) is 10.8 Å². The lowest BCUT2D eigenvalue weighted by Crippen LogP contribution is -1.78. The number of thiazole rings is 1. The van der Waals surface area contributed by atoms with Crippen LogP contribution in [0.25, 0.3) is 0 Å². The number of nitrogens with two attached hydrogens (primary N) is 1. The number of aromatic hydroxyl groups is 1. The zero-order chi connectivity index (χ0) is 6.85. The molecule has 1 aromatic rings. The summed E-state index contributed by atoms with van der Waals surface area (Å²) in [6.45, 7) is 0. The molecule has 48 valence electrons. The molecular weight excluding hydrogens is 140 g/mol. The minimum atomic E-state index is -0.285. The monoisotopic (exact) mass is 144 g/mol. The Bertz CT molecular complexity index is 232. The van der Waals surface area contributed by atoms with E-state index >= 15 is 0 Å². The first-order valence-corrected chi connectivity index (χ1v) is 2.96. The maximum atomic E-state index is 10.00. The van der Waals surface area contributed by atoms with Crippen LogP contribution < -0.4 is 5.73 Å². The van der Waals surface area contributed by atoms with E-state index in [1.807, 2.05) is 0 Å². The third kappa shape index (κ3) is 0.996. The molecule has 0 aromatic carbocycles. The first-order chi connectivity index (χ1) is 4.24. The number of hydrogen-bond acceptors (Lipinski definition) is 5. The molecule has 1 rings (SSSR count). The van der Waals surface area contributed by atoms with Crippen molar-refractivity contribution in [2.75, 3.05) is 5.73 Å². The molecule has 0 fully saturated rings. The Balaban J connectivity index is 3.15. The van der Waals surface area contributed by atoms with E-state index in [0.29, 0.717) is 6.29 Å². The number of nitrogens with zero attached hydrogens (tertiary/aromatic N) is 1. The average molecular weight is 144 g/mol. The van der Waals surface area contributed by atoms with Crippen LogP contribution in [0.1, 0.15) is 9.67 Å². The number of carbonyl (C=O) groups is 1. The zero-order valence-corrected chi connectivity index (χ0v) is 5.18. The van der Waals surface area contributed by atoms with Gasteiger partial charge in [-0.15, -0.1) is 0 Å². The SMILES string of the molecule is Nc1nc(O)c(C=O)s1. The summed E-state index contributed by atoms with van der Waals surface area (Å²) in [5.74, 6) is -0.285. The first kappa shape index (κ1) is 6.03. The van der Waals surface area contributed by atoms with Gasteiger partial charge in [0.15, 0.2) is 11.4 Å². The molecule has 0 radical (unpaired) electrons. The molecule has 5 heteroatoms. The highest BCUT2D eigenvalue weighted by atomic mass is 32.1. The molecule has 4 nitrogen and oxygen atoms in total. The topological polar surface area (TPSA) is 76.2 Å². The minimum absolute atomic E-state index is 0.174. The number of nitrogen functional groups attached to an aromatic ring is 1. The lowest BCUT2D eigenvalue weighted by atomic mass is 10.6. The summed E-state index contributed by atoms with van der Waals surface area (Å²) in [5, 5.41) is 8.92. The molecule has 1 heterocycles. The Morgan fingerprint density at radius 2 is 2.44 bits per heavy atom. The van der Waals surface area contributed by atoms with Crippen LogP contribution in [0.5, 0.6) is 5.88 Å². The fraction of sp³-hybridized carbons (Fsp3) is 0. The van der Waals surface area contributed by atoms with Gasteiger partial charge in [-0.05, 0) is 0 Å². The molecule has 0 bridgehead atoms. The smallest absolute Gasteiger partial charge is 0.234 e. The van der Waals surface area contributed by atoms with Gasteiger partial charge < -0.3 is 10.8 Å². The fourth-order valence-electron chi connectivity index (χ4n) is 0.417. The van der Waals surface area contributed by atoms with Crippen molar-refractivity contribution in [1.29, 1.82) is 0 Å². The van der Waals surface area contributed by atoms with E-state index in [0.717, 1.165) is 11.3 Å². The van der Waals surface area contributed by atoms with Gasteiger partial charge in [0.05, 0.1) is 0 Å². The molecule has 3 N–H and O–H groups in total. The molecule has 0 aliphatic rings. The van der Waals surface area contributed by atoms with E-state index in [2.05, 4.69) is 4.98 Å². The lowest BCUT2D eigenvalue weighted by molar-refractivity contribution is 0.112. The molecule has 0 spiro atoms. The van der Waals surface area contributed by atoms with Gasteiger partial charge >= 0.3 is 0 Å². The predicted octanol–water partition coefficient (Wildman–Crippen LogP) is 0.243. The summed E-state index contributed by atoms with van der Waals surface area (Å²) in [6, 6.07) is 0. The number of aromatic nitrogens is 1. The summed E-state index contributed by atoms with van der Waals surface area (Å²) in [6.07, 6.45) is 0.517. The van der Waals surface area contributed by atoms with Gasteiger partial charge in [-0.1, -0.05) is 11.3 Å². The third-order valence-electron chi connectivity index (χ3n) is 0.758.